The lowest BCUT2D eigenvalue weighted by Gasteiger charge is -2.31. The summed E-state index contributed by atoms with van der Waals surface area (Å²) in [5.74, 6) is -2.98. The Bertz CT molecular complexity index is 660. The molecule has 2 N–H and O–H groups in total. The maximum atomic E-state index is 12.8. The maximum absolute atomic E-state index is 12.8. The average Bonchev–Trinajstić information content (AvgIpc) is 2.60. The summed E-state index contributed by atoms with van der Waals surface area (Å²) < 4.78 is 73.6. The predicted octanol–water partition coefficient (Wildman–Crippen LogP) is 2.60. The van der Waals surface area contributed by atoms with Gasteiger partial charge in [-0.25, -0.2) is 0 Å². The van der Waals surface area contributed by atoms with Crippen molar-refractivity contribution in [2.45, 2.75) is 75.3 Å². The van der Waals surface area contributed by atoms with Gasteiger partial charge in [0.2, 0.25) is 11.2 Å². The van der Waals surface area contributed by atoms with Gasteiger partial charge in [0.05, 0.1) is 11.8 Å². The fourth-order valence-electron chi connectivity index (χ4n) is 3.90. The Morgan fingerprint density at radius 2 is 1.54 bits per heavy atom. The Labute approximate surface area is 162 Å². The van der Waals surface area contributed by atoms with Crippen LogP contribution in [0, 0.1) is 11.8 Å². The van der Waals surface area contributed by atoms with Gasteiger partial charge in [-0.3, -0.25) is 14.1 Å². The van der Waals surface area contributed by atoms with E-state index in [1.165, 1.54) is 0 Å². The second-order valence-electron chi connectivity index (χ2n) is 7.52. The van der Waals surface area contributed by atoms with Crippen molar-refractivity contribution in [3.8, 4) is 0 Å². The van der Waals surface area contributed by atoms with Crippen molar-refractivity contribution in [2.24, 2.45) is 11.8 Å². The zero-order valence-electron chi connectivity index (χ0n) is 15.4. The Morgan fingerprint density at radius 1 is 1.00 bits per heavy atom. The average molecular weight is 429 g/mol. The number of amides is 1. The SMILES string of the molecule is O=C(NC1CCCCC1)C1CCCCC1C(=O)OCC(C(F)(F)F)S(=O)(=O)O. The summed E-state index contributed by atoms with van der Waals surface area (Å²) in [6, 6.07) is 0.0361. The van der Waals surface area contributed by atoms with Crippen molar-refractivity contribution in [2.75, 3.05) is 6.61 Å². The van der Waals surface area contributed by atoms with Crippen molar-refractivity contribution >= 4 is 22.0 Å². The van der Waals surface area contributed by atoms with Gasteiger partial charge in [0, 0.05) is 6.04 Å². The highest BCUT2D eigenvalue weighted by atomic mass is 32.2. The molecule has 1 amide bonds. The molecule has 2 aliphatic carbocycles. The van der Waals surface area contributed by atoms with Crippen LogP contribution in [0.2, 0.25) is 0 Å². The fourth-order valence-corrected chi connectivity index (χ4v) is 4.47. The lowest BCUT2D eigenvalue weighted by molar-refractivity contribution is -0.164. The Hall–Kier alpha value is -1.36. The molecule has 2 fully saturated rings. The molecule has 11 heteroatoms. The molecule has 2 rings (SSSR count). The first-order valence-electron chi connectivity index (χ1n) is 9.50. The van der Waals surface area contributed by atoms with Crippen LogP contribution in [-0.2, 0) is 24.4 Å². The molecule has 0 aliphatic heterocycles. The number of carbonyl (C=O) groups is 2. The summed E-state index contributed by atoms with van der Waals surface area (Å²) in [6.45, 7) is -1.53. The van der Waals surface area contributed by atoms with E-state index in [9.17, 15) is 31.2 Å². The zero-order chi connectivity index (χ0) is 20.9. The van der Waals surface area contributed by atoms with Gasteiger partial charge >= 0.3 is 12.1 Å². The monoisotopic (exact) mass is 429 g/mol. The molecule has 0 heterocycles. The zero-order valence-corrected chi connectivity index (χ0v) is 16.2. The van der Waals surface area contributed by atoms with Crippen molar-refractivity contribution in [1.29, 1.82) is 0 Å². The number of halogens is 3. The Balaban J connectivity index is 1.99. The number of esters is 1. The standard InChI is InChI=1S/C17H26F3NO6S/c18-17(19,20)14(28(24,25)26)10-27-16(23)13-9-5-4-8-12(13)15(22)21-11-6-2-1-3-7-11/h11-14H,1-10H2,(H,21,22)(H,24,25,26). The molecule has 3 atom stereocenters. The Morgan fingerprint density at radius 3 is 2.07 bits per heavy atom. The van der Waals surface area contributed by atoms with E-state index in [2.05, 4.69) is 10.1 Å². The van der Waals surface area contributed by atoms with Crippen LogP contribution < -0.4 is 5.32 Å². The number of hydrogen-bond donors (Lipinski definition) is 2. The van der Waals surface area contributed by atoms with Crippen molar-refractivity contribution < 1.29 is 40.5 Å². The van der Waals surface area contributed by atoms with E-state index in [0.717, 1.165) is 32.1 Å². The highest BCUT2D eigenvalue weighted by Crippen LogP contribution is 2.33. The molecule has 0 aromatic rings. The third kappa shape index (κ3) is 6.33. The van der Waals surface area contributed by atoms with Crippen LogP contribution in [0.3, 0.4) is 0 Å². The van der Waals surface area contributed by atoms with Crippen molar-refractivity contribution in [3.63, 3.8) is 0 Å². The molecule has 0 radical (unpaired) electrons. The van der Waals surface area contributed by atoms with E-state index < -0.39 is 46.0 Å². The van der Waals surface area contributed by atoms with Gasteiger partial charge in [0.25, 0.3) is 10.1 Å². The van der Waals surface area contributed by atoms with E-state index in [1.54, 1.807) is 0 Å². The van der Waals surface area contributed by atoms with Gasteiger partial charge in [0.15, 0.2) is 0 Å². The predicted molar refractivity (Wildman–Crippen MR) is 92.8 cm³/mol. The number of ether oxygens (including phenoxy) is 1. The van der Waals surface area contributed by atoms with Crippen molar-refractivity contribution in [3.05, 3.63) is 0 Å². The maximum Gasteiger partial charge on any atom is 0.411 e. The molecular formula is C17H26F3NO6S. The van der Waals surface area contributed by atoms with E-state index in [0.29, 0.717) is 19.3 Å². The third-order valence-corrected chi connectivity index (χ3v) is 6.58. The number of carbonyl (C=O) groups excluding carboxylic acids is 2. The fraction of sp³-hybridized carbons (Fsp3) is 0.882. The van der Waals surface area contributed by atoms with Crippen molar-refractivity contribution in [1.82, 2.24) is 5.32 Å². The van der Waals surface area contributed by atoms with Crippen LogP contribution in [0.1, 0.15) is 57.8 Å². The topological polar surface area (TPSA) is 110 Å². The molecule has 0 spiro atoms. The van der Waals surface area contributed by atoms with Crippen LogP contribution in [0.25, 0.3) is 0 Å². The molecule has 0 saturated heterocycles. The number of nitrogens with one attached hydrogen (secondary N) is 1. The minimum Gasteiger partial charge on any atom is -0.464 e. The number of hydrogen-bond acceptors (Lipinski definition) is 5. The van der Waals surface area contributed by atoms with Gasteiger partial charge in [0.1, 0.15) is 6.61 Å². The van der Waals surface area contributed by atoms with Crippen LogP contribution in [0.5, 0.6) is 0 Å². The highest BCUT2D eigenvalue weighted by Gasteiger charge is 2.50. The molecule has 2 aliphatic rings. The normalized spacial score (nSPS) is 25.7. The lowest BCUT2D eigenvalue weighted by atomic mass is 9.78. The molecule has 0 aromatic heterocycles. The smallest absolute Gasteiger partial charge is 0.411 e. The molecule has 162 valence electrons. The molecular weight excluding hydrogens is 403 g/mol. The molecule has 0 bridgehead atoms. The van der Waals surface area contributed by atoms with Crippen LogP contribution in [0.4, 0.5) is 13.2 Å². The third-order valence-electron chi connectivity index (χ3n) is 5.46. The molecule has 0 aromatic carbocycles. The minimum atomic E-state index is -5.48. The quantitative estimate of drug-likeness (QED) is 0.496. The first-order chi connectivity index (χ1) is 13.0. The summed E-state index contributed by atoms with van der Waals surface area (Å²) >= 11 is 0. The molecule has 2 saturated carbocycles. The van der Waals surface area contributed by atoms with Gasteiger partial charge in [-0.1, -0.05) is 32.1 Å². The Kier molecular flexibility index (Phi) is 7.72. The summed E-state index contributed by atoms with van der Waals surface area (Å²) in [5.41, 5.74) is 0. The van der Waals surface area contributed by atoms with Gasteiger partial charge in [-0.15, -0.1) is 0 Å². The van der Waals surface area contributed by atoms with Gasteiger partial charge in [-0.2, -0.15) is 21.6 Å². The first-order valence-corrected chi connectivity index (χ1v) is 11.0. The summed E-state index contributed by atoms with van der Waals surface area (Å²) in [6.07, 6.45) is 1.59. The molecule has 28 heavy (non-hydrogen) atoms. The summed E-state index contributed by atoms with van der Waals surface area (Å²) in [5, 5.41) is -0.282. The number of rotatable bonds is 6. The van der Waals surface area contributed by atoms with Crippen LogP contribution in [-0.4, -0.2) is 48.9 Å². The lowest BCUT2D eigenvalue weighted by Crippen LogP contribution is -2.46. The van der Waals surface area contributed by atoms with E-state index >= 15 is 0 Å². The van der Waals surface area contributed by atoms with E-state index in [-0.39, 0.29) is 18.4 Å². The van der Waals surface area contributed by atoms with Crippen LogP contribution in [0.15, 0.2) is 0 Å². The molecule has 3 unspecified atom stereocenters. The van der Waals surface area contributed by atoms with Crippen LogP contribution >= 0.6 is 0 Å². The minimum absolute atomic E-state index is 0.0361. The van der Waals surface area contributed by atoms with E-state index in [4.69, 9.17) is 4.55 Å². The number of alkyl halides is 3. The second-order valence-corrected chi connectivity index (χ2v) is 9.12. The largest absolute Gasteiger partial charge is 0.464 e. The summed E-state index contributed by atoms with van der Waals surface area (Å²) in [4.78, 5) is 24.9. The molecule has 7 nitrogen and oxygen atoms in total. The summed E-state index contributed by atoms with van der Waals surface area (Å²) in [7, 11) is -5.48. The second kappa shape index (κ2) is 9.43. The highest BCUT2D eigenvalue weighted by molar-refractivity contribution is 7.86. The van der Waals surface area contributed by atoms with E-state index in [1.807, 2.05) is 0 Å². The first kappa shape index (κ1) is 22.9. The van der Waals surface area contributed by atoms with Gasteiger partial charge in [-0.05, 0) is 25.7 Å². The van der Waals surface area contributed by atoms with Gasteiger partial charge < -0.3 is 10.1 Å².